The largest absolute Gasteiger partial charge is 0.506 e. The van der Waals surface area contributed by atoms with Crippen LogP contribution in [0, 0.1) is 5.41 Å². The number of aliphatic hydroxyl groups excluding tert-OH is 1. The number of hydrogen-bond donors (Lipinski definition) is 1. The minimum atomic E-state index is -0.688. The van der Waals surface area contributed by atoms with Crippen LogP contribution < -0.4 is 0 Å². The molecule has 1 saturated carbocycles. The Balaban J connectivity index is 1.61. The Kier molecular flexibility index (Phi) is 7.39. The molecule has 1 spiro atoms. The summed E-state index contributed by atoms with van der Waals surface area (Å²) in [6.45, 7) is 4.00. The number of carbonyl (C=O) groups excluding carboxylic acids is 2. The molecule has 1 aromatic rings. The van der Waals surface area contributed by atoms with E-state index in [1.165, 1.54) is 25.7 Å². The van der Waals surface area contributed by atoms with Crippen molar-refractivity contribution in [3.8, 4) is 0 Å². The van der Waals surface area contributed by atoms with Gasteiger partial charge in [-0.15, -0.1) is 0 Å². The van der Waals surface area contributed by atoms with Gasteiger partial charge in [-0.3, -0.25) is 4.79 Å². The van der Waals surface area contributed by atoms with Crippen LogP contribution in [0.4, 0.5) is 0 Å². The van der Waals surface area contributed by atoms with Crippen LogP contribution in [0.1, 0.15) is 69.2 Å². The fraction of sp³-hybridized carbons (Fsp3) is 0.500. The van der Waals surface area contributed by atoms with Crippen LogP contribution >= 0.6 is 11.8 Å². The molecule has 2 atom stereocenters. The van der Waals surface area contributed by atoms with E-state index < -0.39 is 11.9 Å². The van der Waals surface area contributed by atoms with Crippen LogP contribution in [0.3, 0.4) is 0 Å². The van der Waals surface area contributed by atoms with E-state index in [-0.39, 0.29) is 40.6 Å². The summed E-state index contributed by atoms with van der Waals surface area (Å²) in [6, 6.07) is 8.64. The van der Waals surface area contributed by atoms with Crippen molar-refractivity contribution < 1.29 is 24.2 Å². The molecule has 2 aliphatic heterocycles. The number of carbonyl (C=O) groups is 2. The Morgan fingerprint density at radius 1 is 1.21 bits per heavy atom. The van der Waals surface area contributed by atoms with Gasteiger partial charge in [-0.05, 0) is 56.7 Å². The molecule has 1 amide bonds. The molecule has 1 saturated heterocycles. The molecular weight excluding hydrogens is 438 g/mol. The Bertz CT molecular complexity index is 989. The highest BCUT2D eigenvalue weighted by Crippen LogP contribution is 2.49. The van der Waals surface area contributed by atoms with Gasteiger partial charge in [-0.1, -0.05) is 55.6 Å². The molecule has 2 heterocycles. The summed E-state index contributed by atoms with van der Waals surface area (Å²) in [6.07, 6.45) is 10.1. The fourth-order valence-electron chi connectivity index (χ4n) is 5.08. The first-order valence-electron chi connectivity index (χ1n) is 11.8. The van der Waals surface area contributed by atoms with Gasteiger partial charge in [0.05, 0.1) is 23.7 Å². The van der Waals surface area contributed by atoms with E-state index in [1.54, 1.807) is 31.2 Å². The lowest BCUT2D eigenvalue weighted by Gasteiger charge is -2.30. The summed E-state index contributed by atoms with van der Waals surface area (Å²) < 4.78 is 11.4. The summed E-state index contributed by atoms with van der Waals surface area (Å²) in [5, 5.41) is 11.1. The molecule has 1 aliphatic carbocycles. The standard InChI is InChI=1S/C26H31NO5S/c1-3-31-25(30)21-22(28)20(33-24(21)27-23(29)18-11-7-6-8-12-18)15-19-16-26(17(2)32-19)13-9-4-5-10-14-26/h6-8,11-12,15,17,19,28H,3-5,9-10,13-14,16H2,1-2H3. The van der Waals surface area contributed by atoms with Gasteiger partial charge in [0, 0.05) is 5.56 Å². The topological polar surface area (TPSA) is 85.2 Å². The zero-order valence-electron chi connectivity index (χ0n) is 19.2. The van der Waals surface area contributed by atoms with E-state index in [9.17, 15) is 14.7 Å². The molecule has 6 nitrogen and oxygen atoms in total. The number of aliphatic hydroxyl groups is 1. The quantitative estimate of drug-likeness (QED) is 0.565. The zero-order valence-corrected chi connectivity index (χ0v) is 20.0. The molecule has 176 valence electrons. The van der Waals surface area contributed by atoms with E-state index in [2.05, 4.69) is 11.9 Å². The smallest absolute Gasteiger partial charge is 0.344 e. The van der Waals surface area contributed by atoms with E-state index in [4.69, 9.17) is 9.47 Å². The van der Waals surface area contributed by atoms with Crippen LogP contribution in [-0.2, 0) is 14.3 Å². The molecule has 33 heavy (non-hydrogen) atoms. The van der Waals surface area contributed by atoms with E-state index in [0.29, 0.717) is 10.5 Å². The zero-order chi connectivity index (χ0) is 23.4. The van der Waals surface area contributed by atoms with Crippen molar-refractivity contribution in [3.05, 3.63) is 58.2 Å². The van der Waals surface area contributed by atoms with Gasteiger partial charge in [0.15, 0.2) is 0 Å². The van der Waals surface area contributed by atoms with E-state index in [1.807, 2.05) is 12.1 Å². The van der Waals surface area contributed by atoms with Gasteiger partial charge in [0.2, 0.25) is 0 Å². The van der Waals surface area contributed by atoms with Crippen LogP contribution in [0.25, 0.3) is 0 Å². The number of esters is 1. The molecule has 7 heteroatoms. The lowest BCUT2D eigenvalue weighted by Crippen LogP contribution is -2.27. The molecule has 0 bridgehead atoms. The molecule has 4 rings (SSSR count). The number of hydrogen-bond acceptors (Lipinski definition) is 6. The third-order valence-corrected chi connectivity index (χ3v) is 7.92. The average molecular weight is 470 g/mol. The van der Waals surface area contributed by atoms with Crippen molar-refractivity contribution in [2.75, 3.05) is 6.61 Å². The molecule has 3 aliphatic rings. The van der Waals surface area contributed by atoms with E-state index in [0.717, 1.165) is 31.0 Å². The summed E-state index contributed by atoms with van der Waals surface area (Å²) in [5.74, 6) is -1.36. The number of aliphatic imine (C=N–C) groups is 1. The van der Waals surface area contributed by atoms with Gasteiger partial charge in [0.25, 0.3) is 5.91 Å². The normalized spacial score (nSPS) is 27.3. The summed E-state index contributed by atoms with van der Waals surface area (Å²) >= 11 is 1.12. The Labute approximate surface area is 199 Å². The SMILES string of the molecule is CCOC(=O)C1=C(O)C(=CC2CC3(CCCCCC3)C(C)O2)SC1=NC(=O)c1ccccc1. The van der Waals surface area contributed by atoms with Gasteiger partial charge in [-0.25, -0.2) is 9.79 Å². The minimum Gasteiger partial charge on any atom is -0.506 e. The number of thioether (sulfide) groups is 1. The predicted octanol–water partition coefficient (Wildman–Crippen LogP) is 5.75. The van der Waals surface area contributed by atoms with E-state index >= 15 is 0 Å². The number of rotatable bonds is 4. The fourth-order valence-corrected chi connectivity index (χ4v) is 6.11. The number of amides is 1. The lowest BCUT2D eigenvalue weighted by molar-refractivity contribution is -0.138. The maximum atomic E-state index is 12.7. The van der Waals surface area contributed by atoms with Crippen molar-refractivity contribution in [1.29, 1.82) is 0 Å². The Morgan fingerprint density at radius 2 is 1.91 bits per heavy atom. The maximum absolute atomic E-state index is 12.7. The second-order valence-corrected chi connectivity index (χ2v) is 9.99. The van der Waals surface area contributed by atoms with Crippen molar-refractivity contribution in [2.24, 2.45) is 10.4 Å². The Hall–Kier alpha value is -2.38. The highest BCUT2D eigenvalue weighted by molar-refractivity contribution is 8.18. The highest BCUT2D eigenvalue weighted by Gasteiger charge is 2.45. The molecule has 0 aromatic heterocycles. The molecule has 1 N–H and O–H groups in total. The monoisotopic (exact) mass is 469 g/mol. The predicted molar refractivity (Wildman–Crippen MR) is 129 cm³/mol. The minimum absolute atomic E-state index is 0.0624. The van der Waals surface area contributed by atoms with Crippen molar-refractivity contribution >= 4 is 28.7 Å². The number of nitrogens with zero attached hydrogens (tertiary/aromatic N) is 1. The Morgan fingerprint density at radius 3 is 2.58 bits per heavy atom. The molecule has 2 fully saturated rings. The first-order valence-corrected chi connectivity index (χ1v) is 12.6. The van der Waals surface area contributed by atoms with Gasteiger partial charge in [-0.2, -0.15) is 0 Å². The summed E-state index contributed by atoms with van der Waals surface area (Å²) in [5.41, 5.74) is 0.520. The average Bonchev–Trinajstić information content (AvgIpc) is 3.13. The van der Waals surface area contributed by atoms with Crippen LogP contribution in [0.5, 0.6) is 0 Å². The van der Waals surface area contributed by atoms with Crippen LogP contribution in [0.15, 0.2) is 57.6 Å². The van der Waals surface area contributed by atoms with Gasteiger partial charge in [0.1, 0.15) is 16.4 Å². The number of benzene rings is 1. The highest BCUT2D eigenvalue weighted by atomic mass is 32.2. The van der Waals surface area contributed by atoms with Gasteiger partial charge >= 0.3 is 5.97 Å². The van der Waals surface area contributed by atoms with Crippen molar-refractivity contribution in [3.63, 3.8) is 0 Å². The lowest BCUT2D eigenvalue weighted by atomic mass is 9.74. The van der Waals surface area contributed by atoms with Crippen LogP contribution in [-0.4, -0.2) is 40.8 Å². The van der Waals surface area contributed by atoms with Crippen molar-refractivity contribution in [1.82, 2.24) is 0 Å². The molecule has 2 unspecified atom stereocenters. The first-order chi connectivity index (χ1) is 15.9. The van der Waals surface area contributed by atoms with Gasteiger partial charge < -0.3 is 14.6 Å². The first kappa shape index (κ1) is 23.8. The summed E-state index contributed by atoms with van der Waals surface area (Å²) in [7, 11) is 0. The van der Waals surface area contributed by atoms with Crippen LogP contribution in [0.2, 0.25) is 0 Å². The maximum Gasteiger partial charge on any atom is 0.344 e. The number of ether oxygens (including phenoxy) is 2. The molecule has 1 aromatic carbocycles. The third kappa shape index (κ3) is 5.09. The van der Waals surface area contributed by atoms with Crippen molar-refractivity contribution in [2.45, 2.75) is 71.0 Å². The molecular formula is C26H31NO5S. The third-order valence-electron chi connectivity index (χ3n) is 6.88. The molecule has 0 radical (unpaired) electrons. The summed E-state index contributed by atoms with van der Waals surface area (Å²) in [4.78, 5) is 29.9. The second-order valence-electron chi connectivity index (χ2n) is 8.96. The second kappa shape index (κ2) is 10.3.